The molecule has 3 aromatic rings. The zero-order valence-electron chi connectivity index (χ0n) is 21.5. The standard InChI is InChI=1S/C28H33N3O5S/c1-5-26(28(33)29-3)30(19-22-13-15-24(36-4)16-14-22)27(32)20-31(23-9-7-6-8-10-23)37(34,35)25-17-11-21(2)12-18-25/h6-18,26H,5,19-20H2,1-4H3,(H,29,33)/t26-/m1/s1. The molecule has 0 saturated carbocycles. The molecule has 3 aromatic carbocycles. The van der Waals surface area contributed by atoms with Crippen molar-refractivity contribution in [1.82, 2.24) is 10.2 Å². The van der Waals surface area contributed by atoms with E-state index in [1.165, 1.54) is 24.1 Å². The lowest BCUT2D eigenvalue weighted by Crippen LogP contribution is -2.51. The van der Waals surface area contributed by atoms with Crippen molar-refractivity contribution in [2.45, 2.75) is 37.8 Å². The van der Waals surface area contributed by atoms with E-state index in [0.717, 1.165) is 15.4 Å². The molecule has 0 aliphatic carbocycles. The number of nitrogens with one attached hydrogen (secondary N) is 1. The van der Waals surface area contributed by atoms with Gasteiger partial charge in [-0.2, -0.15) is 0 Å². The van der Waals surface area contributed by atoms with Crippen LogP contribution in [0.25, 0.3) is 0 Å². The summed E-state index contributed by atoms with van der Waals surface area (Å²) in [6.07, 6.45) is 0.359. The molecule has 0 fully saturated rings. The monoisotopic (exact) mass is 523 g/mol. The molecule has 1 N–H and O–H groups in total. The number of amides is 2. The minimum absolute atomic E-state index is 0.0785. The Kier molecular flexibility index (Phi) is 9.30. The number of aryl methyl sites for hydroxylation is 1. The first-order chi connectivity index (χ1) is 17.7. The van der Waals surface area contributed by atoms with Gasteiger partial charge in [-0.15, -0.1) is 0 Å². The molecule has 9 heteroatoms. The van der Waals surface area contributed by atoms with E-state index in [-0.39, 0.29) is 17.3 Å². The van der Waals surface area contributed by atoms with Crippen molar-refractivity contribution in [2.75, 3.05) is 25.0 Å². The number of rotatable bonds is 11. The Labute approximate surface area is 218 Å². The molecule has 0 bridgehead atoms. The maximum atomic E-state index is 13.8. The van der Waals surface area contributed by atoms with Gasteiger partial charge in [0.25, 0.3) is 10.0 Å². The minimum Gasteiger partial charge on any atom is -0.497 e. The van der Waals surface area contributed by atoms with Gasteiger partial charge in [0.05, 0.1) is 17.7 Å². The number of carbonyl (C=O) groups is 2. The maximum Gasteiger partial charge on any atom is 0.264 e. The van der Waals surface area contributed by atoms with E-state index in [9.17, 15) is 18.0 Å². The summed E-state index contributed by atoms with van der Waals surface area (Å²) in [6, 6.07) is 21.4. The summed E-state index contributed by atoms with van der Waals surface area (Å²) in [7, 11) is -0.992. The van der Waals surface area contributed by atoms with E-state index in [1.807, 2.05) is 26.0 Å². The molecule has 8 nitrogen and oxygen atoms in total. The van der Waals surface area contributed by atoms with Gasteiger partial charge in [-0.3, -0.25) is 13.9 Å². The first-order valence-electron chi connectivity index (χ1n) is 12.0. The van der Waals surface area contributed by atoms with Crippen molar-refractivity contribution in [1.29, 1.82) is 0 Å². The second-order valence-corrected chi connectivity index (χ2v) is 10.4. The van der Waals surface area contributed by atoms with Gasteiger partial charge in [-0.25, -0.2) is 8.42 Å². The number of hydrogen-bond acceptors (Lipinski definition) is 5. The average Bonchev–Trinajstić information content (AvgIpc) is 2.92. The lowest BCUT2D eigenvalue weighted by atomic mass is 10.1. The molecule has 0 aliphatic heterocycles. The summed E-state index contributed by atoms with van der Waals surface area (Å²) in [5, 5.41) is 2.62. The second-order valence-electron chi connectivity index (χ2n) is 8.57. The van der Waals surface area contributed by atoms with Gasteiger partial charge in [-0.1, -0.05) is 55.0 Å². The van der Waals surface area contributed by atoms with Gasteiger partial charge in [0.1, 0.15) is 18.3 Å². The van der Waals surface area contributed by atoms with Crippen LogP contribution in [-0.4, -0.2) is 51.9 Å². The lowest BCUT2D eigenvalue weighted by molar-refractivity contribution is -0.140. The highest BCUT2D eigenvalue weighted by Crippen LogP contribution is 2.25. The molecule has 37 heavy (non-hydrogen) atoms. The number of carbonyl (C=O) groups excluding carboxylic acids is 2. The number of para-hydroxylation sites is 1. The van der Waals surface area contributed by atoms with Crippen LogP contribution < -0.4 is 14.4 Å². The first-order valence-corrected chi connectivity index (χ1v) is 13.4. The highest BCUT2D eigenvalue weighted by molar-refractivity contribution is 7.92. The molecule has 0 saturated heterocycles. The summed E-state index contributed by atoms with van der Waals surface area (Å²) in [5.74, 6) is -0.151. The Morgan fingerprint density at radius 3 is 2.11 bits per heavy atom. The smallest absolute Gasteiger partial charge is 0.264 e. The molecule has 196 valence electrons. The number of benzene rings is 3. The molecular weight excluding hydrogens is 490 g/mol. The quantitative estimate of drug-likeness (QED) is 0.413. The van der Waals surface area contributed by atoms with E-state index >= 15 is 0 Å². The fraction of sp³-hybridized carbons (Fsp3) is 0.286. The van der Waals surface area contributed by atoms with Gasteiger partial charge in [0, 0.05) is 13.6 Å². The number of nitrogens with zero attached hydrogens (tertiary/aromatic N) is 2. The largest absolute Gasteiger partial charge is 0.497 e. The van der Waals surface area contributed by atoms with Crippen molar-refractivity contribution < 1.29 is 22.7 Å². The van der Waals surface area contributed by atoms with Crippen molar-refractivity contribution in [3.8, 4) is 5.75 Å². The van der Waals surface area contributed by atoms with E-state index in [1.54, 1.807) is 61.7 Å². The normalized spacial score (nSPS) is 11.9. The molecule has 3 rings (SSSR count). The average molecular weight is 524 g/mol. The van der Waals surface area contributed by atoms with Crippen LogP contribution in [0.4, 0.5) is 5.69 Å². The van der Waals surface area contributed by atoms with Crippen LogP contribution in [0.1, 0.15) is 24.5 Å². The second kappa shape index (κ2) is 12.4. The molecular formula is C28H33N3O5S. The van der Waals surface area contributed by atoms with E-state index < -0.39 is 28.5 Å². The Bertz CT molecular complexity index is 1290. The summed E-state index contributed by atoms with van der Waals surface area (Å²) in [6.45, 7) is 3.34. The Morgan fingerprint density at radius 2 is 1.57 bits per heavy atom. The number of hydrogen-bond donors (Lipinski definition) is 1. The van der Waals surface area contributed by atoms with Crippen molar-refractivity contribution in [3.05, 3.63) is 90.0 Å². The number of likely N-dealkylation sites (N-methyl/N-ethyl adjacent to an activating group) is 1. The molecule has 2 amide bonds. The number of ether oxygens (including phenoxy) is 1. The zero-order valence-corrected chi connectivity index (χ0v) is 22.4. The molecule has 1 atom stereocenters. The number of anilines is 1. The fourth-order valence-corrected chi connectivity index (χ4v) is 5.39. The third-order valence-corrected chi connectivity index (χ3v) is 7.86. The predicted octanol–water partition coefficient (Wildman–Crippen LogP) is 3.75. The number of sulfonamides is 1. The van der Waals surface area contributed by atoms with Crippen molar-refractivity contribution >= 4 is 27.5 Å². The summed E-state index contributed by atoms with van der Waals surface area (Å²) >= 11 is 0. The van der Waals surface area contributed by atoms with Gasteiger partial charge in [0.2, 0.25) is 11.8 Å². The van der Waals surface area contributed by atoms with E-state index in [2.05, 4.69) is 5.32 Å². The summed E-state index contributed by atoms with van der Waals surface area (Å²) < 4.78 is 33.8. The highest BCUT2D eigenvalue weighted by Gasteiger charge is 2.33. The summed E-state index contributed by atoms with van der Waals surface area (Å²) in [4.78, 5) is 28.1. The van der Waals surface area contributed by atoms with Crippen molar-refractivity contribution in [3.63, 3.8) is 0 Å². The molecule has 0 aliphatic rings. The van der Waals surface area contributed by atoms with Gasteiger partial charge in [0.15, 0.2) is 0 Å². The van der Waals surface area contributed by atoms with Crippen LogP contribution in [-0.2, 0) is 26.2 Å². The number of methoxy groups -OCH3 is 1. The van der Waals surface area contributed by atoms with E-state index in [4.69, 9.17) is 4.74 Å². The SMILES string of the molecule is CC[C@H](C(=O)NC)N(Cc1ccc(OC)cc1)C(=O)CN(c1ccccc1)S(=O)(=O)c1ccc(C)cc1. The van der Waals surface area contributed by atoms with Crippen LogP contribution in [0.5, 0.6) is 5.75 Å². The Hall–Kier alpha value is -3.85. The van der Waals surface area contributed by atoms with Crippen LogP contribution in [0.3, 0.4) is 0 Å². The van der Waals surface area contributed by atoms with Gasteiger partial charge >= 0.3 is 0 Å². The minimum atomic E-state index is -4.07. The topological polar surface area (TPSA) is 96.0 Å². The molecule has 0 unspecified atom stereocenters. The van der Waals surface area contributed by atoms with Crippen LogP contribution in [0, 0.1) is 6.92 Å². The van der Waals surface area contributed by atoms with Crippen LogP contribution in [0.2, 0.25) is 0 Å². The maximum absolute atomic E-state index is 13.8. The third kappa shape index (κ3) is 6.68. The van der Waals surface area contributed by atoms with E-state index in [0.29, 0.717) is 17.9 Å². The molecule has 0 radical (unpaired) electrons. The van der Waals surface area contributed by atoms with Crippen LogP contribution >= 0.6 is 0 Å². The zero-order chi connectivity index (χ0) is 27.0. The summed E-state index contributed by atoms with van der Waals surface area (Å²) in [5.41, 5.74) is 2.06. The van der Waals surface area contributed by atoms with Crippen LogP contribution in [0.15, 0.2) is 83.8 Å². The fourth-order valence-electron chi connectivity index (χ4n) is 3.97. The Morgan fingerprint density at radius 1 is 0.946 bits per heavy atom. The molecule has 0 spiro atoms. The predicted molar refractivity (Wildman–Crippen MR) is 144 cm³/mol. The first kappa shape index (κ1) is 27.7. The van der Waals surface area contributed by atoms with Gasteiger partial charge in [-0.05, 0) is 55.3 Å². The molecule has 0 aromatic heterocycles. The third-order valence-electron chi connectivity index (χ3n) is 6.08. The lowest BCUT2D eigenvalue weighted by Gasteiger charge is -2.33. The Balaban J connectivity index is 2.01. The van der Waals surface area contributed by atoms with Gasteiger partial charge < -0.3 is 15.0 Å². The van der Waals surface area contributed by atoms with Crippen molar-refractivity contribution in [2.24, 2.45) is 0 Å². The molecule has 0 heterocycles. The highest BCUT2D eigenvalue weighted by atomic mass is 32.2.